The number of nitro benzene ring substituents is 1. The predicted octanol–water partition coefficient (Wildman–Crippen LogP) is 0.503. The molecule has 0 bridgehead atoms. The number of hydrogen-bond donors (Lipinski definition) is 2. The number of carbonyl (C=O) groups excluding carboxylic acids is 1. The highest BCUT2D eigenvalue weighted by Gasteiger charge is 2.35. The monoisotopic (exact) mass is 373 g/mol. The van der Waals surface area contributed by atoms with Crippen molar-refractivity contribution in [3.8, 4) is 0 Å². The number of aliphatic carboxylic acids is 1. The van der Waals surface area contributed by atoms with Crippen molar-refractivity contribution < 1.29 is 28.0 Å². The third-order valence-corrected chi connectivity index (χ3v) is 5.65. The summed E-state index contributed by atoms with van der Waals surface area (Å²) in [5.74, 6) is -1.78. The predicted molar refractivity (Wildman–Crippen MR) is 87.5 cm³/mol. The Labute approximate surface area is 144 Å². The molecule has 1 unspecified atom stereocenters. The lowest BCUT2D eigenvalue weighted by Gasteiger charge is -2.26. The molecule has 11 heteroatoms. The van der Waals surface area contributed by atoms with Crippen LogP contribution in [0.5, 0.6) is 0 Å². The maximum atomic E-state index is 12.9. The van der Waals surface area contributed by atoms with E-state index in [4.69, 9.17) is 0 Å². The first kappa shape index (κ1) is 20.5. The van der Waals surface area contributed by atoms with Gasteiger partial charge in [0.25, 0.3) is 5.69 Å². The molecule has 138 valence electrons. The second kappa shape index (κ2) is 8.03. The molecule has 1 atom stereocenters. The highest BCUT2D eigenvalue weighted by atomic mass is 32.2. The number of nitrogens with zero attached hydrogens (tertiary/aromatic N) is 2. The van der Waals surface area contributed by atoms with Gasteiger partial charge in [-0.1, -0.05) is 6.07 Å². The Morgan fingerprint density at radius 3 is 2.48 bits per heavy atom. The highest BCUT2D eigenvalue weighted by molar-refractivity contribution is 7.89. The van der Waals surface area contributed by atoms with Crippen LogP contribution >= 0.6 is 0 Å². The zero-order valence-corrected chi connectivity index (χ0v) is 14.7. The van der Waals surface area contributed by atoms with E-state index >= 15 is 0 Å². The molecule has 0 aliphatic carbocycles. The van der Waals surface area contributed by atoms with Crippen LogP contribution in [0.25, 0.3) is 0 Å². The summed E-state index contributed by atoms with van der Waals surface area (Å²) in [4.78, 5) is 32.2. The second-order valence-electron chi connectivity index (χ2n) is 5.27. The molecule has 1 rings (SSSR count). The molecule has 0 aliphatic heterocycles. The van der Waals surface area contributed by atoms with Gasteiger partial charge in [-0.15, -0.1) is 0 Å². The summed E-state index contributed by atoms with van der Waals surface area (Å²) in [6, 6.07) is 2.14. The number of carboxylic acids is 1. The summed E-state index contributed by atoms with van der Waals surface area (Å²) in [7, 11) is -4.33. The van der Waals surface area contributed by atoms with E-state index in [0.717, 1.165) is 6.07 Å². The molecule has 0 aromatic heterocycles. The van der Waals surface area contributed by atoms with Crippen LogP contribution in [-0.2, 0) is 19.6 Å². The van der Waals surface area contributed by atoms with Crippen molar-refractivity contribution in [1.29, 1.82) is 0 Å². The van der Waals surface area contributed by atoms with E-state index in [1.54, 1.807) is 0 Å². The number of amides is 1. The lowest BCUT2D eigenvalue weighted by molar-refractivity contribution is -0.385. The average molecular weight is 373 g/mol. The molecule has 25 heavy (non-hydrogen) atoms. The Hall–Kier alpha value is -2.53. The maximum absolute atomic E-state index is 12.9. The maximum Gasteiger partial charge on any atom is 0.321 e. The Morgan fingerprint density at radius 1 is 1.40 bits per heavy atom. The molecule has 0 aliphatic rings. The van der Waals surface area contributed by atoms with Crippen LogP contribution in [0.2, 0.25) is 0 Å². The van der Waals surface area contributed by atoms with Crippen molar-refractivity contribution in [3.05, 3.63) is 33.9 Å². The quantitative estimate of drug-likeness (QED) is 0.498. The van der Waals surface area contributed by atoms with Gasteiger partial charge in [0.15, 0.2) is 0 Å². The molecule has 0 radical (unpaired) electrons. The molecular weight excluding hydrogens is 354 g/mol. The van der Waals surface area contributed by atoms with Crippen LogP contribution in [-0.4, -0.2) is 53.8 Å². The van der Waals surface area contributed by atoms with Crippen LogP contribution in [0.15, 0.2) is 23.1 Å². The normalized spacial score (nSPS) is 12.6. The number of rotatable bonds is 8. The smallest absolute Gasteiger partial charge is 0.321 e. The van der Waals surface area contributed by atoms with E-state index in [1.165, 1.54) is 32.9 Å². The summed E-state index contributed by atoms with van der Waals surface area (Å²) in [6.45, 7) is 3.31. The minimum atomic E-state index is -4.33. The molecule has 0 saturated carbocycles. The molecule has 0 spiro atoms. The van der Waals surface area contributed by atoms with Crippen LogP contribution in [0.3, 0.4) is 0 Å². The summed E-state index contributed by atoms with van der Waals surface area (Å²) in [5.41, 5.74) is -0.472. The lowest BCUT2D eigenvalue weighted by atomic mass is 10.2. The third-order valence-electron chi connectivity index (χ3n) is 3.53. The number of nitrogens with one attached hydrogen (secondary N) is 1. The van der Waals surface area contributed by atoms with Gasteiger partial charge in [0.2, 0.25) is 15.9 Å². The Bertz CT molecular complexity index is 792. The lowest BCUT2D eigenvalue weighted by Crippen LogP contribution is -2.46. The van der Waals surface area contributed by atoms with E-state index in [9.17, 15) is 33.2 Å². The van der Waals surface area contributed by atoms with Crippen molar-refractivity contribution in [2.45, 2.75) is 31.7 Å². The highest BCUT2D eigenvalue weighted by Crippen LogP contribution is 2.28. The van der Waals surface area contributed by atoms with Gasteiger partial charge in [0, 0.05) is 31.6 Å². The molecule has 1 aromatic carbocycles. The van der Waals surface area contributed by atoms with Gasteiger partial charge in [-0.2, -0.15) is 4.31 Å². The second-order valence-corrected chi connectivity index (χ2v) is 7.13. The molecule has 10 nitrogen and oxygen atoms in total. The number of hydrogen-bond acceptors (Lipinski definition) is 6. The zero-order valence-electron chi connectivity index (χ0n) is 13.9. The molecule has 2 N–H and O–H groups in total. The minimum absolute atomic E-state index is 0.0883. The molecule has 1 aromatic rings. The van der Waals surface area contributed by atoms with Gasteiger partial charge in [0.05, 0.1) is 9.82 Å². The Morgan fingerprint density at radius 2 is 2.00 bits per heavy atom. The van der Waals surface area contributed by atoms with Gasteiger partial charge >= 0.3 is 5.97 Å². The first-order valence-corrected chi connectivity index (χ1v) is 8.67. The van der Waals surface area contributed by atoms with E-state index in [1.807, 2.05) is 0 Å². The molecule has 1 amide bonds. The molecule has 0 fully saturated rings. The first-order chi connectivity index (χ1) is 11.5. The average Bonchev–Trinajstić information content (AvgIpc) is 2.50. The molecular formula is C14H19N3O7S. The minimum Gasteiger partial charge on any atom is -0.480 e. The third kappa shape index (κ3) is 4.73. The Kier molecular flexibility index (Phi) is 6.59. The van der Waals surface area contributed by atoms with Gasteiger partial charge in [-0.05, 0) is 19.9 Å². The molecule has 0 heterocycles. The summed E-state index contributed by atoms with van der Waals surface area (Å²) >= 11 is 0. The zero-order chi connectivity index (χ0) is 19.4. The van der Waals surface area contributed by atoms with Gasteiger partial charge in [0.1, 0.15) is 6.04 Å². The van der Waals surface area contributed by atoms with Crippen LogP contribution in [0.1, 0.15) is 19.4 Å². The van der Waals surface area contributed by atoms with Gasteiger partial charge in [-0.3, -0.25) is 19.7 Å². The van der Waals surface area contributed by atoms with Crippen molar-refractivity contribution >= 4 is 27.6 Å². The SMILES string of the molecule is CC(=O)NCCN(C(C)C(=O)O)S(=O)(=O)c1cccc([N+](=O)[O-])c1C. The number of sulfonamides is 1. The van der Waals surface area contributed by atoms with E-state index in [2.05, 4.69) is 5.32 Å². The fourth-order valence-electron chi connectivity index (χ4n) is 2.19. The van der Waals surface area contributed by atoms with Crippen molar-refractivity contribution in [3.63, 3.8) is 0 Å². The fourth-order valence-corrected chi connectivity index (χ4v) is 4.03. The summed E-state index contributed by atoms with van der Waals surface area (Å²) < 4.78 is 26.4. The topological polar surface area (TPSA) is 147 Å². The summed E-state index contributed by atoms with van der Waals surface area (Å²) in [6.07, 6.45) is 0. The van der Waals surface area contributed by atoms with E-state index < -0.39 is 32.9 Å². The first-order valence-electron chi connectivity index (χ1n) is 7.23. The Balaban J connectivity index is 3.36. The van der Waals surface area contributed by atoms with Crippen LogP contribution < -0.4 is 5.32 Å². The van der Waals surface area contributed by atoms with Gasteiger partial charge < -0.3 is 10.4 Å². The van der Waals surface area contributed by atoms with Crippen LogP contribution in [0.4, 0.5) is 5.69 Å². The fraction of sp³-hybridized carbons (Fsp3) is 0.429. The van der Waals surface area contributed by atoms with Gasteiger partial charge in [-0.25, -0.2) is 8.42 Å². The largest absolute Gasteiger partial charge is 0.480 e. The number of benzene rings is 1. The number of carbonyl (C=O) groups is 2. The number of nitro groups is 1. The van der Waals surface area contributed by atoms with Crippen molar-refractivity contribution in [2.24, 2.45) is 0 Å². The number of carboxylic acid groups (broad SMARTS) is 1. The molecule has 0 saturated heterocycles. The van der Waals surface area contributed by atoms with Crippen molar-refractivity contribution in [2.75, 3.05) is 13.1 Å². The van der Waals surface area contributed by atoms with E-state index in [0.29, 0.717) is 4.31 Å². The van der Waals surface area contributed by atoms with Crippen molar-refractivity contribution in [1.82, 2.24) is 9.62 Å². The summed E-state index contributed by atoms with van der Waals surface area (Å²) in [5, 5.41) is 22.6. The standard InChI is InChI=1S/C14H19N3O7S/c1-9-12(17(21)22)5-4-6-13(9)25(23,24)16(10(2)14(19)20)8-7-15-11(3)18/h4-6,10H,7-8H2,1-3H3,(H,15,18)(H,19,20). The van der Waals surface area contributed by atoms with Crippen LogP contribution in [0, 0.1) is 17.0 Å². The van der Waals surface area contributed by atoms with E-state index in [-0.39, 0.29) is 29.2 Å².